The predicted octanol–water partition coefficient (Wildman–Crippen LogP) is 4.00. The number of aryl methyl sites for hydroxylation is 1. The molecule has 0 fully saturated rings. The van der Waals surface area contributed by atoms with Crippen LogP contribution in [0.15, 0.2) is 53.0 Å². The Hall–Kier alpha value is -1.39. The van der Waals surface area contributed by atoms with Crippen molar-refractivity contribution in [3.05, 3.63) is 53.6 Å². The zero-order valence-electron chi connectivity index (χ0n) is 12.3. The fourth-order valence-corrected chi connectivity index (χ4v) is 2.51. The van der Waals surface area contributed by atoms with Gasteiger partial charge in [-0.3, -0.25) is 4.18 Å². The van der Waals surface area contributed by atoms with Crippen LogP contribution in [0, 0.1) is 6.92 Å². The van der Waals surface area contributed by atoms with Gasteiger partial charge in [0.25, 0.3) is 10.1 Å². The maximum Gasteiger partial charge on any atom is 0.297 e. The van der Waals surface area contributed by atoms with E-state index in [4.69, 9.17) is 4.18 Å². The summed E-state index contributed by atoms with van der Waals surface area (Å²) in [6.45, 7) is 9.66. The third kappa shape index (κ3) is 5.72. The summed E-state index contributed by atoms with van der Waals surface area (Å²) in [7, 11) is -3.67. The lowest BCUT2D eigenvalue weighted by Gasteiger charge is -2.06. The SMILES string of the molecule is C=C(C)CC/C=C(\C)COS(=O)(=O)c1ccc(C)cc1. The van der Waals surface area contributed by atoms with Gasteiger partial charge >= 0.3 is 0 Å². The van der Waals surface area contributed by atoms with E-state index in [1.54, 1.807) is 24.3 Å². The van der Waals surface area contributed by atoms with E-state index in [0.717, 1.165) is 29.6 Å². The third-order valence-corrected chi connectivity index (χ3v) is 4.09. The summed E-state index contributed by atoms with van der Waals surface area (Å²) in [6.07, 6.45) is 3.75. The minimum absolute atomic E-state index is 0.0897. The first-order valence-corrected chi connectivity index (χ1v) is 7.98. The summed E-state index contributed by atoms with van der Waals surface area (Å²) in [6, 6.07) is 6.63. The van der Waals surface area contributed by atoms with Gasteiger partial charge in [0.05, 0.1) is 11.5 Å². The van der Waals surface area contributed by atoms with Crippen LogP contribution in [0.2, 0.25) is 0 Å². The molecule has 0 unspecified atom stereocenters. The molecule has 110 valence electrons. The van der Waals surface area contributed by atoms with Crippen LogP contribution in [-0.4, -0.2) is 15.0 Å². The first kappa shape index (κ1) is 16.7. The highest BCUT2D eigenvalue weighted by molar-refractivity contribution is 7.86. The Balaban J connectivity index is 2.59. The van der Waals surface area contributed by atoms with Crippen LogP contribution >= 0.6 is 0 Å². The van der Waals surface area contributed by atoms with Crippen molar-refractivity contribution in [1.29, 1.82) is 0 Å². The molecule has 4 heteroatoms. The zero-order chi connectivity index (χ0) is 15.2. The van der Waals surface area contributed by atoms with Crippen LogP contribution in [0.3, 0.4) is 0 Å². The average molecular weight is 294 g/mol. The van der Waals surface area contributed by atoms with Crippen molar-refractivity contribution in [2.75, 3.05) is 6.61 Å². The van der Waals surface area contributed by atoms with E-state index in [1.807, 2.05) is 26.8 Å². The zero-order valence-corrected chi connectivity index (χ0v) is 13.2. The Morgan fingerprint density at radius 2 is 1.85 bits per heavy atom. The van der Waals surface area contributed by atoms with E-state index < -0.39 is 10.1 Å². The molecule has 20 heavy (non-hydrogen) atoms. The molecule has 1 aromatic rings. The van der Waals surface area contributed by atoms with Crippen LogP contribution in [-0.2, 0) is 14.3 Å². The first-order valence-electron chi connectivity index (χ1n) is 6.57. The van der Waals surface area contributed by atoms with Crippen LogP contribution < -0.4 is 0 Å². The maximum absolute atomic E-state index is 12.0. The molecule has 0 heterocycles. The van der Waals surface area contributed by atoms with Gasteiger partial charge in [0.1, 0.15) is 0 Å². The molecule has 0 aliphatic heterocycles. The topological polar surface area (TPSA) is 43.4 Å². The Morgan fingerprint density at radius 3 is 2.40 bits per heavy atom. The lowest BCUT2D eigenvalue weighted by atomic mass is 10.1. The summed E-state index contributed by atoms with van der Waals surface area (Å²) < 4.78 is 29.0. The predicted molar refractivity (Wildman–Crippen MR) is 82.1 cm³/mol. The molecule has 0 bridgehead atoms. The molecule has 1 rings (SSSR count). The molecule has 0 atom stereocenters. The van der Waals surface area contributed by atoms with Crippen molar-refractivity contribution in [3.8, 4) is 0 Å². The summed E-state index contributed by atoms with van der Waals surface area (Å²) in [5.74, 6) is 0. The lowest BCUT2D eigenvalue weighted by molar-refractivity contribution is 0.347. The van der Waals surface area contributed by atoms with E-state index >= 15 is 0 Å². The number of allylic oxidation sites excluding steroid dienone is 2. The van der Waals surface area contributed by atoms with Gasteiger partial charge in [-0.15, -0.1) is 6.58 Å². The van der Waals surface area contributed by atoms with E-state index in [0.29, 0.717) is 0 Å². The van der Waals surface area contributed by atoms with Crippen molar-refractivity contribution in [2.45, 2.75) is 38.5 Å². The number of benzene rings is 1. The molecule has 0 saturated carbocycles. The van der Waals surface area contributed by atoms with Gasteiger partial charge in [-0.25, -0.2) is 0 Å². The molecule has 0 radical (unpaired) electrons. The highest BCUT2D eigenvalue weighted by atomic mass is 32.2. The van der Waals surface area contributed by atoms with Gasteiger partial charge in [0, 0.05) is 0 Å². The molecule has 1 aromatic carbocycles. The standard InChI is InChI=1S/C16H22O3S/c1-13(2)6-5-7-15(4)12-19-20(17,18)16-10-8-14(3)9-11-16/h7-11H,1,5-6,12H2,2-4H3/b15-7+. The normalized spacial score (nSPS) is 12.4. The highest BCUT2D eigenvalue weighted by Gasteiger charge is 2.14. The Labute approximate surface area is 122 Å². The minimum Gasteiger partial charge on any atom is -0.262 e. The second-order valence-corrected chi connectivity index (χ2v) is 6.69. The van der Waals surface area contributed by atoms with Gasteiger partial charge < -0.3 is 0 Å². The quantitative estimate of drug-likeness (QED) is 0.564. The number of hydrogen-bond acceptors (Lipinski definition) is 3. The molecular weight excluding hydrogens is 272 g/mol. The molecule has 0 spiro atoms. The van der Waals surface area contributed by atoms with Gasteiger partial charge in [-0.1, -0.05) is 34.9 Å². The molecular formula is C16H22O3S. The largest absolute Gasteiger partial charge is 0.297 e. The second kappa shape index (κ2) is 7.41. The summed E-state index contributed by atoms with van der Waals surface area (Å²) in [5.41, 5.74) is 3.03. The Bertz CT molecular complexity index is 581. The van der Waals surface area contributed by atoms with E-state index in [1.165, 1.54) is 0 Å². The van der Waals surface area contributed by atoms with Gasteiger partial charge in [-0.2, -0.15) is 8.42 Å². The molecule has 0 N–H and O–H groups in total. The average Bonchev–Trinajstić information content (AvgIpc) is 2.36. The fraction of sp³-hybridized carbons (Fsp3) is 0.375. The molecule has 0 saturated heterocycles. The van der Waals surface area contributed by atoms with Crippen molar-refractivity contribution in [2.24, 2.45) is 0 Å². The van der Waals surface area contributed by atoms with Gasteiger partial charge in [0.2, 0.25) is 0 Å². The van der Waals surface area contributed by atoms with Crippen molar-refractivity contribution < 1.29 is 12.6 Å². The summed E-state index contributed by atoms with van der Waals surface area (Å²) in [5, 5.41) is 0. The molecule has 0 aromatic heterocycles. The summed E-state index contributed by atoms with van der Waals surface area (Å²) in [4.78, 5) is 0.192. The molecule has 0 aliphatic rings. The van der Waals surface area contributed by atoms with Gasteiger partial charge in [0.15, 0.2) is 0 Å². The first-order chi connectivity index (χ1) is 9.31. The fourth-order valence-electron chi connectivity index (χ4n) is 1.57. The minimum atomic E-state index is -3.67. The molecule has 3 nitrogen and oxygen atoms in total. The highest BCUT2D eigenvalue weighted by Crippen LogP contribution is 2.14. The third-order valence-electron chi connectivity index (χ3n) is 2.82. The monoisotopic (exact) mass is 294 g/mol. The summed E-state index contributed by atoms with van der Waals surface area (Å²) >= 11 is 0. The molecule has 0 amide bonds. The van der Waals surface area contributed by atoms with Crippen molar-refractivity contribution in [3.63, 3.8) is 0 Å². The lowest BCUT2D eigenvalue weighted by Crippen LogP contribution is -2.08. The van der Waals surface area contributed by atoms with E-state index in [2.05, 4.69) is 6.58 Å². The van der Waals surface area contributed by atoms with Gasteiger partial charge in [-0.05, 0) is 45.7 Å². The van der Waals surface area contributed by atoms with Crippen LogP contribution in [0.5, 0.6) is 0 Å². The van der Waals surface area contributed by atoms with E-state index in [-0.39, 0.29) is 11.5 Å². The van der Waals surface area contributed by atoms with Crippen molar-refractivity contribution >= 4 is 10.1 Å². The second-order valence-electron chi connectivity index (χ2n) is 5.08. The maximum atomic E-state index is 12.0. The smallest absolute Gasteiger partial charge is 0.262 e. The van der Waals surface area contributed by atoms with Crippen molar-refractivity contribution in [1.82, 2.24) is 0 Å². The van der Waals surface area contributed by atoms with E-state index in [9.17, 15) is 8.42 Å². The number of rotatable bonds is 7. The van der Waals surface area contributed by atoms with Crippen LogP contribution in [0.25, 0.3) is 0 Å². The Kier molecular flexibility index (Phi) is 6.17. The van der Waals surface area contributed by atoms with Crippen LogP contribution in [0.1, 0.15) is 32.3 Å². The van der Waals surface area contributed by atoms with Crippen LogP contribution in [0.4, 0.5) is 0 Å². The molecule has 0 aliphatic carbocycles. The number of hydrogen-bond donors (Lipinski definition) is 0. The Morgan fingerprint density at radius 1 is 1.25 bits per heavy atom.